The molecule has 1 fully saturated rings. The van der Waals surface area contributed by atoms with Crippen molar-refractivity contribution in [1.29, 1.82) is 0 Å². The highest BCUT2D eigenvalue weighted by molar-refractivity contribution is 5.95. The lowest BCUT2D eigenvalue weighted by atomic mass is 10.1. The molecule has 3 aromatic rings. The number of methoxy groups -OCH3 is 1. The highest BCUT2D eigenvalue weighted by Gasteiger charge is 2.29. The number of carbonyl (C=O) groups excluding carboxylic acids is 2. The fraction of sp³-hybridized carbons (Fsp3) is 0.500. The first-order valence-corrected chi connectivity index (χ1v) is 11.0. The van der Waals surface area contributed by atoms with Crippen LogP contribution in [0.2, 0.25) is 0 Å². The van der Waals surface area contributed by atoms with Crippen LogP contribution in [0.5, 0.6) is 0 Å². The second-order valence-electron chi connectivity index (χ2n) is 8.41. The number of hydrogen-bond donors (Lipinski definition) is 0. The Morgan fingerprint density at radius 2 is 1.97 bits per heavy atom. The maximum Gasteiger partial charge on any atom is 0.274 e. The molecule has 0 saturated carbocycles. The fourth-order valence-corrected chi connectivity index (χ4v) is 4.62. The Morgan fingerprint density at radius 3 is 2.81 bits per heavy atom. The van der Waals surface area contributed by atoms with E-state index in [0.717, 1.165) is 25.0 Å². The molecule has 0 aliphatic carbocycles. The van der Waals surface area contributed by atoms with Crippen LogP contribution in [0.15, 0.2) is 24.5 Å². The molecule has 2 aliphatic rings. The number of amides is 2. The summed E-state index contributed by atoms with van der Waals surface area (Å²) in [5, 5.41) is 4.58. The van der Waals surface area contributed by atoms with Crippen molar-refractivity contribution >= 4 is 17.6 Å². The predicted molar refractivity (Wildman–Crippen MR) is 115 cm³/mol. The Morgan fingerprint density at radius 1 is 1.12 bits per heavy atom. The van der Waals surface area contributed by atoms with E-state index in [1.807, 2.05) is 22.6 Å². The van der Waals surface area contributed by atoms with Gasteiger partial charge in [-0.1, -0.05) is 0 Å². The highest BCUT2D eigenvalue weighted by atomic mass is 16.5. The summed E-state index contributed by atoms with van der Waals surface area (Å²) in [6.45, 7) is 4.80. The molecule has 1 unspecified atom stereocenters. The van der Waals surface area contributed by atoms with Crippen LogP contribution >= 0.6 is 0 Å². The van der Waals surface area contributed by atoms with Gasteiger partial charge in [-0.05, 0) is 38.3 Å². The van der Waals surface area contributed by atoms with E-state index in [4.69, 9.17) is 4.74 Å². The summed E-state index contributed by atoms with van der Waals surface area (Å²) >= 11 is 0. The minimum Gasteiger partial charge on any atom is -0.380 e. The zero-order valence-corrected chi connectivity index (χ0v) is 18.4. The van der Waals surface area contributed by atoms with E-state index < -0.39 is 0 Å². The predicted octanol–water partition coefficient (Wildman–Crippen LogP) is 1.53. The molecule has 1 atom stereocenters. The Labute approximate surface area is 185 Å². The van der Waals surface area contributed by atoms with Crippen LogP contribution in [-0.2, 0) is 17.8 Å². The van der Waals surface area contributed by atoms with E-state index in [2.05, 4.69) is 15.1 Å². The average molecular weight is 438 g/mol. The summed E-state index contributed by atoms with van der Waals surface area (Å²) in [6, 6.07) is 3.61. The van der Waals surface area contributed by atoms with Crippen molar-refractivity contribution in [1.82, 2.24) is 33.9 Å². The lowest BCUT2D eigenvalue weighted by Gasteiger charge is -2.31. The third kappa shape index (κ3) is 3.64. The third-order valence-corrected chi connectivity index (χ3v) is 6.30. The smallest absolute Gasteiger partial charge is 0.274 e. The third-order valence-electron chi connectivity index (χ3n) is 6.30. The maximum absolute atomic E-state index is 13.4. The van der Waals surface area contributed by atoms with Crippen molar-refractivity contribution < 1.29 is 14.3 Å². The zero-order valence-electron chi connectivity index (χ0n) is 18.4. The molecule has 5 heterocycles. The summed E-state index contributed by atoms with van der Waals surface area (Å²) < 4.78 is 9.04. The molecule has 0 bridgehead atoms. The van der Waals surface area contributed by atoms with Crippen molar-refractivity contribution in [2.75, 3.05) is 26.7 Å². The maximum atomic E-state index is 13.4. The highest BCUT2D eigenvalue weighted by Crippen LogP contribution is 2.21. The molecule has 2 amide bonds. The van der Waals surface area contributed by atoms with Gasteiger partial charge in [-0.2, -0.15) is 5.10 Å². The van der Waals surface area contributed by atoms with Gasteiger partial charge in [-0.15, -0.1) is 0 Å². The minimum absolute atomic E-state index is 0.0736. The van der Waals surface area contributed by atoms with Gasteiger partial charge >= 0.3 is 0 Å². The molecule has 5 rings (SSSR count). The molecule has 0 radical (unpaired) electrons. The van der Waals surface area contributed by atoms with E-state index >= 15 is 0 Å². The van der Waals surface area contributed by atoms with Crippen molar-refractivity contribution in [3.8, 4) is 0 Å². The number of rotatable bonds is 3. The van der Waals surface area contributed by atoms with Crippen LogP contribution in [0.1, 0.15) is 51.6 Å². The molecule has 2 aliphatic heterocycles. The normalized spacial score (nSPS) is 19.1. The first kappa shape index (κ1) is 20.6. The summed E-state index contributed by atoms with van der Waals surface area (Å²) in [7, 11) is 1.69. The zero-order chi connectivity index (χ0) is 22.2. The van der Waals surface area contributed by atoms with Crippen molar-refractivity contribution in [3.63, 3.8) is 0 Å². The van der Waals surface area contributed by atoms with E-state index in [-0.39, 0.29) is 17.9 Å². The Hall–Kier alpha value is -3.27. The molecule has 3 aromatic heterocycles. The van der Waals surface area contributed by atoms with Crippen molar-refractivity contribution in [3.05, 3.63) is 47.3 Å². The van der Waals surface area contributed by atoms with Crippen LogP contribution in [0.4, 0.5) is 0 Å². The van der Waals surface area contributed by atoms with Crippen LogP contribution < -0.4 is 0 Å². The standard InChI is InChI=1S/C22H27N7O3/c1-15-19(28-10-4-7-23-22(28)24-15)21(31)26-9-5-11-29-16(13-26)12-18(25-29)20(30)27-8-3-6-17(14-27)32-2/h4,7,10,12,17H,3,5-6,8-9,11,13-14H2,1-2H3. The largest absolute Gasteiger partial charge is 0.380 e. The SMILES string of the molecule is COC1CCCN(C(=O)c2cc3n(n2)CCCN(C(=O)c2c(C)nc4ncccn24)C3)C1. The second-order valence-corrected chi connectivity index (χ2v) is 8.41. The Balaban J connectivity index is 1.38. The topological polar surface area (TPSA) is 97.9 Å². The van der Waals surface area contributed by atoms with Crippen molar-refractivity contribution in [2.24, 2.45) is 0 Å². The minimum atomic E-state index is -0.0931. The lowest BCUT2D eigenvalue weighted by Crippen LogP contribution is -2.43. The van der Waals surface area contributed by atoms with Crippen molar-refractivity contribution in [2.45, 2.75) is 45.4 Å². The number of piperidine rings is 1. The van der Waals surface area contributed by atoms with E-state index in [1.54, 1.807) is 34.9 Å². The van der Waals surface area contributed by atoms with E-state index in [9.17, 15) is 9.59 Å². The van der Waals surface area contributed by atoms with Crippen LogP contribution in [0, 0.1) is 6.92 Å². The second kappa shape index (κ2) is 8.34. The number of ether oxygens (including phenoxy) is 1. The number of aromatic nitrogens is 5. The molecule has 0 aromatic carbocycles. The number of likely N-dealkylation sites (tertiary alicyclic amines) is 1. The van der Waals surface area contributed by atoms with Gasteiger partial charge in [0.15, 0.2) is 5.69 Å². The summed E-state index contributed by atoms with van der Waals surface area (Å²) in [5.41, 5.74) is 2.47. The van der Waals surface area contributed by atoms with Gasteiger partial charge in [-0.25, -0.2) is 9.97 Å². The van der Waals surface area contributed by atoms with Gasteiger partial charge < -0.3 is 14.5 Å². The number of fused-ring (bicyclic) bond motifs is 2. The number of nitrogens with zero attached hydrogens (tertiary/aromatic N) is 7. The molecule has 32 heavy (non-hydrogen) atoms. The monoisotopic (exact) mass is 437 g/mol. The molecule has 0 spiro atoms. The van der Waals surface area contributed by atoms with E-state index in [0.29, 0.717) is 55.6 Å². The molecule has 0 N–H and O–H groups in total. The van der Waals surface area contributed by atoms with Gasteiger partial charge in [0, 0.05) is 45.7 Å². The molecular formula is C22H27N7O3. The number of hydrogen-bond acceptors (Lipinski definition) is 6. The summed E-state index contributed by atoms with van der Waals surface area (Å²) in [5.74, 6) is 0.343. The molecule has 10 heteroatoms. The van der Waals surface area contributed by atoms with Gasteiger partial charge in [0.25, 0.3) is 11.8 Å². The quantitative estimate of drug-likeness (QED) is 0.616. The number of imidazole rings is 1. The fourth-order valence-electron chi connectivity index (χ4n) is 4.62. The van der Waals surface area contributed by atoms with Gasteiger partial charge in [0.1, 0.15) is 5.69 Å². The Bertz CT molecular complexity index is 1170. The summed E-state index contributed by atoms with van der Waals surface area (Å²) in [4.78, 5) is 38.8. The first-order valence-electron chi connectivity index (χ1n) is 11.0. The van der Waals surface area contributed by atoms with Gasteiger partial charge in [0.2, 0.25) is 5.78 Å². The van der Waals surface area contributed by atoms with Gasteiger partial charge in [0.05, 0.1) is 24.0 Å². The number of aryl methyl sites for hydroxylation is 2. The van der Waals surface area contributed by atoms with Crippen LogP contribution in [0.3, 0.4) is 0 Å². The molecular weight excluding hydrogens is 410 g/mol. The molecule has 168 valence electrons. The molecule has 1 saturated heterocycles. The average Bonchev–Trinajstić information content (AvgIpc) is 3.30. The summed E-state index contributed by atoms with van der Waals surface area (Å²) in [6.07, 6.45) is 6.20. The van der Waals surface area contributed by atoms with Crippen LogP contribution in [-0.4, -0.2) is 78.6 Å². The lowest BCUT2D eigenvalue weighted by molar-refractivity contribution is 0.0265. The van der Waals surface area contributed by atoms with Gasteiger partial charge in [-0.3, -0.25) is 18.7 Å². The van der Waals surface area contributed by atoms with Crippen LogP contribution in [0.25, 0.3) is 5.78 Å². The van der Waals surface area contributed by atoms with E-state index in [1.165, 1.54) is 0 Å². The Kier molecular flexibility index (Phi) is 5.38. The number of carbonyl (C=O) groups is 2. The first-order chi connectivity index (χ1) is 15.5. The molecule has 10 nitrogen and oxygen atoms in total.